The van der Waals surface area contributed by atoms with Gasteiger partial charge < -0.3 is 20.1 Å². The van der Waals surface area contributed by atoms with Crippen LogP contribution in [0.5, 0.6) is 0 Å². The van der Waals surface area contributed by atoms with E-state index in [1.165, 1.54) is 0 Å². The maximum atomic E-state index is 11.2. The number of hydrogen-bond donors (Lipinski definition) is 4. The fourth-order valence-electron chi connectivity index (χ4n) is 0.747. The minimum atomic E-state index is -1.24. The number of carbonyl (C=O) groups excluding carboxylic acids is 2. The maximum absolute atomic E-state index is 11.2. The summed E-state index contributed by atoms with van der Waals surface area (Å²) in [7, 11) is 0. The molecule has 0 aromatic carbocycles. The zero-order valence-corrected chi connectivity index (χ0v) is 10.9. The molecule has 17 heavy (non-hydrogen) atoms. The summed E-state index contributed by atoms with van der Waals surface area (Å²) >= 11 is 4.52. The van der Waals surface area contributed by atoms with Gasteiger partial charge >= 0.3 is 5.97 Å². The number of esters is 1. The molecule has 0 saturated heterocycles. The fourth-order valence-corrected chi connectivity index (χ4v) is 1.47. The van der Waals surface area contributed by atoms with Crippen LogP contribution in [0.1, 0.15) is 0 Å². The molecule has 0 aliphatic rings. The third-order valence-electron chi connectivity index (χ3n) is 2.03. The van der Waals surface area contributed by atoms with Crippen LogP contribution in [0.4, 0.5) is 0 Å². The number of hydrogen-bond acceptors (Lipinski definition) is 8. The number of aliphatic hydroxyl groups excluding tert-OH is 3. The van der Waals surface area contributed by atoms with Crippen LogP contribution in [0.15, 0.2) is 0 Å². The number of carbonyl (C=O) groups is 2. The Labute approximate surface area is 109 Å². The second kappa shape index (κ2) is 8.76. The maximum Gasteiger partial charge on any atom is 0.316 e. The Bertz CT molecular complexity index is 246. The molecule has 0 heterocycles. The van der Waals surface area contributed by atoms with Crippen molar-refractivity contribution in [2.24, 2.45) is 5.41 Å². The summed E-state index contributed by atoms with van der Waals surface area (Å²) in [4.78, 5) is 22.0. The second-order valence-electron chi connectivity index (χ2n) is 3.45. The van der Waals surface area contributed by atoms with Crippen LogP contribution in [0.3, 0.4) is 0 Å². The van der Waals surface area contributed by atoms with Crippen molar-refractivity contribution in [3.8, 4) is 0 Å². The average Bonchev–Trinajstić information content (AvgIpc) is 2.38. The van der Waals surface area contributed by atoms with Gasteiger partial charge in [-0.2, -0.15) is 12.6 Å². The first-order valence-electron chi connectivity index (χ1n) is 4.78. The molecule has 0 rings (SSSR count). The van der Waals surface area contributed by atoms with Crippen molar-refractivity contribution in [2.75, 3.05) is 37.9 Å². The quantitative estimate of drug-likeness (QED) is 0.324. The fraction of sp³-hybridized carbons (Fsp3) is 0.778. The van der Waals surface area contributed by atoms with E-state index >= 15 is 0 Å². The van der Waals surface area contributed by atoms with Gasteiger partial charge in [0.25, 0.3) is 0 Å². The molecule has 0 aromatic rings. The van der Waals surface area contributed by atoms with E-state index in [-0.39, 0.29) is 23.2 Å². The Hall–Kier alpha value is -0.280. The molecule has 0 aliphatic carbocycles. The van der Waals surface area contributed by atoms with Gasteiger partial charge in [-0.1, -0.05) is 11.8 Å². The molecular weight excluding hydrogens is 268 g/mol. The Morgan fingerprint density at radius 3 is 2.12 bits per heavy atom. The lowest BCUT2D eigenvalue weighted by molar-refractivity contribution is -0.148. The molecule has 0 aromatic heterocycles. The number of thioether (sulfide) groups is 1. The summed E-state index contributed by atoms with van der Waals surface area (Å²) < 4.78 is 4.76. The molecule has 0 bridgehead atoms. The predicted molar refractivity (Wildman–Crippen MR) is 66.0 cm³/mol. The Morgan fingerprint density at radius 1 is 1.18 bits per heavy atom. The van der Waals surface area contributed by atoms with E-state index in [0.717, 1.165) is 11.8 Å². The smallest absolute Gasteiger partial charge is 0.316 e. The lowest BCUT2D eigenvalue weighted by Crippen LogP contribution is -2.39. The van der Waals surface area contributed by atoms with Crippen molar-refractivity contribution in [1.29, 1.82) is 0 Å². The van der Waals surface area contributed by atoms with E-state index < -0.39 is 31.2 Å². The molecule has 100 valence electrons. The molecule has 0 spiro atoms. The highest BCUT2D eigenvalue weighted by molar-refractivity contribution is 8.15. The molecule has 6 nitrogen and oxygen atoms in total. The van der Waals surface area contributed by atoms with Crippen molar-refractivity contribution in [3.05, 3.63) is 0 Å². The first-order chi connectivity index (χ1) is 8.03. The van der Waals surface area contributed by atoms with Gasteiger partial charge in [0.1, 0.15) is 6.61 Å². The summed E-state index contributed by atoms with van der Waals surface area (Å²) in [6, 6.07) is 0. The van der Waals surface area contributed by atoms with Gasteiger partial charge in [-0.15, -0.1) is 0 Å². The topological polar surface area (TPSA) is 104 Å². The van der Waals surface area contributed by atoms with E-state index in [2.05, 4.69) is 12.6 Å². The molecule has 0 radical (unpaired) electrons. The third kappa shape index (κ3) is 6.27. The molecular formula is C9H16O6S2. The first kappa shape index (κ1) is 16.7. The van der Waals surface area contributed by atoms with Crippen LogP contribution in [-0.4, -0.2) is 64.3 Å². The SMILES string of the molecule is O=C(CSC(=O)CS)OCC(CO)(CO)CO. The predicted octanol–water partition coefficient (Wildman–Crippen LogP) is -1.32. The van der Waals surface area contributed by atoms with E-state index in [0.29, 0.717) is 0 Å². The van der Waals surface area contributed by atoms with Crippen molar-refractivity contribution in [2.45, 2.75) is 0 Å². The van der Waals surface area contributed by atoms with Gasteiger partial charge in [0, 0.05) is 0 Å². The Morgan fingerprint density at radius 2 is 1.71 bits per heavy atom. The van der Waals surface area contributed by atoms with Gasteiger partial charge in [-0.3, -0.25) is 9.59 Å². The number of aliphatic hydroxyl groups is 3. The second-order valence-corrected chi connectivity index (χ2v) is 4.80. The van der Waals surface area contributed by atoms with Crippen LogP contribution < -0.4 is 0 Å². The Kier molecular flexibility index (Phi) is 8.61. The average molecular weight is 284 g/mol. The van der Waals surface area contributed by atoms with Crippen molar-refractivity contribution < 1.29 is 29.6 Å². The first-order valence-corrected chi connectivity index (χ1v) is 6.40. The molecule has 3 N–H and O–H groups in total. The van der Waals surface area contributed by atoms with Gasteiger partial charge in [-0.25, -0.2) is 0 Å². The van der Waals surface area contributed by atoms with E-state index in [9.17, 15) is 9.59 Å². The summed E-state index contributed by atoms with van der Waals surface area (Å²) in [6.07, 6.45) is 0. The number of rotatable bonds is 8. The standard InChI is InChI=1S/C9H16O6S2/c10-3-9(4-11,5-12)6-15-7(13)2-17-8(14)1-16/h10-12,16H,1-6H2. The van der Waals surface area contributed by atoms with E-state index in [1.54, 1.807) is 0 Å². The summed E-state index contributed by atoms with van der Waals surface area (Å²) in [5.74, 6) is -0.770. The van der Waals surface area contributed by atoms with Gasteiger partial charge in [0.2, 0.25) is 0 Å². The zero-order chi connectivity index (χ0) is 13.3. The third-order valence-corrected chi connectivity index (χ3v) is 3.37. The van der Waals surface area contributed by atoms with Gasteiger partial charge in [0.15, 0.2) is 5.12 Å². The van der Waals surface area contributed by atoms with E-state index in [1.807, 2.05) is 0 Å². The molecule has 0 amide bonds. The molecule has 0 unspecified atom stereocenters. The van der Waals surface area contributed by atoms with Crippen LogP contribution in [0.25, 0.3) is 0 Å². The largest absolute Gasteiger partial charge is 0.464 e. The highest BCUT2D eigenvalue weighted by Gasteiger charge is 2.30. The molecule has 0 fully saturated rings. The van der Waals surface area contributed by atoms with Crippen LogP contribution in [-0.2, 0) is 14.3 Å². The highest BCUT2D eigenvalue weighted by atomic mass is 32.2. The molecule has 8 heteroatoms. The minimum Gasteiger partial charge on any atom is -0.464 e. The van der Waals surface area contributed by atoms with Crippen LogP contribution >= 0.6 is 24.4 Å². The summed E-state index contributed by atoms with van der Waals surface area (Å²) in [6.45, 7) is -1.81. The van der Waals surface area contributed by atoms with Crippen LogP contribution in [0, 0.1) is 5.41 Å². The normalized spacial score (nSPS) is 11.3. The van der Waals surface area contributed by atoms with Gasteiger partial charge in [0.05, 0.1) is 36.7 Å². The van der Waals surface area contributed by atoms with Crippen molar-refractivity contribution in [1.82, 2.24) is 0 Å². The Balaban J connectivity index is 4.01. The lowest BCUT2D eigenvalue weighted by atomic mass is 9.93. The molecule has 0 saturated carbocycles. The van der Waals surface area contributed by atoms with Gasteiger partial charge in [-0.05, 0) is 0 Å². The van der Waals surface area contributed by atoms with Crippen LogP contribution in [0.2, 0.25) is 0 Å². The number of thiol groups is 1. The monoisotopic (exact) mass is 284 g/mol. The zero-order valence-electron chi connectivity index (χ0n) is 9.16. The van der Waals surface area contributed by atoms with Crippen molar-refractivity contribution >= 4 is 35.5 Å². The summed E-state index contributed by atoms with van der Waals surface area (Å²) in [5.41, 5.74) is -1.24. The summed E-state index contributed by atoms with van der Waals surface area (Å²) in [5, 5.41) is 26.6. The molecule has 0 atom stereocenters. The minimum absolute atomic E-state index is 0.0335. The molecule has 0 aliphatic heterocycles. The lowest BCUT2D eigenvalue weighted by Gasteiger charge is -2.26. The van der Waals surface area contributed by atoms with Crippen molar-refractivity contribution in [3.63, 3.8) is 0 Å². The highest BCUT2D eigenvalue weighted by Crippen LogP contribution is 2.15. The number of ether oxygens (including phenoxy) is 1. The van der Waals surface area contributed by atoms with E-state index in [4.69, 9.17) is 20.1 Å².